The summed E-state index contributed by atoms with van der Waals surface area (Å²) in [6.45, 7) is 1.15. The number of rotatable bonds is 1. The van der Waals surface area contributed by atoms with Gasteiger partial charge >= 0.3 is 0 Å². The normalized spacial score (nSPS) is 37.1. The van der Waals surface area contributed by atoms with Crippen molar-refractivity contribution in [3.05, 3.63) is 0 Å². The van der Waals surface area contributed by atoms with Gasteiger partial charge in [0.25, 0.3) is 0 Å². The Hall–Kier alpha value is -0.130. The van der Waals surface area contributed by atoms with Crippen LogP contribution in [0.5, 0.6) is 0 Å². The van der Waals surface area contributed by atoms with E-state index in [-0.39, 0.29) is 12.1 Å². The van der Waals surface area contributed by atoms with Crippen LogP contribution < -0.4 is 0 Å². The first kappa shape index (κ1) is 8.47. The van der Waals surface area contributed by atoms with Gasteiger partial charge in [0.1, 0.15) is 0 Å². The van der Waals surface area contributed by atoms with Crippen LogP contribution in [0.25, 0.3) is 0 Å². The van der Waals surface area contributed by atoms with Crippen LogP contribution >= 0.6 is 0 Å². The molecule has 0 radical (unpaired) electrons. The fraction of sp³-hybridized carbons (Fsp3) is 1.00. The van der Waals surface area contributed by atoms with Crippen molar-refractivity contribution < 1.29 is 13.2 Å². The van der Waals surface area contributed by atoms with Crippen LogP contribution in [0.1, 0.15) is 12.8 Å². The summed E-state index contributed by atoms with van der Waals surface area (Å²) in [4.78, 5) is 0. The number of sulfonamides is 1. The standard InChI is InChI=1S/C7H13NO3S/c1-12(9,10)8-6-2-3-7(8)5-11-4-6/h6-7H,2-5H2,1H3. The number of ether oxygens (including phenoxy) is 1. The van der Waals surface area contributed by atoms with E-state index in [1.54, 1.807) is 4.31 Å². The molecule has 2 unspecified atom stereocenters. The molecule has 2 fully saturated rings. The van der Waals surface area contributed by atoms with Crippen molar-refractivity contribution >= 4 is 10.0 Å². The molecule has 2 atom stereocenters. The molecule has 2 bridgehead atoms. The topological polar surface area (TPSA) is 46.6 Å². The highest BCUT2D eigenvalue weighted by Gasteiger charge is 2.42. The molecule has 0 aromatic heterocycles. The third kappa shape index (κ3) is 1.26. The average Bonchev–Trinajstić information content (AvgIpc) is 2.23. The van der Waals surface area contributed by atoms with Crippen molar-refractivity contribution in [3.8, 4) is 0 Å². The Bertz CT molecular complexity index is 258. The van der Waals surface area contributed by atoms with Gasteiger partial charge in [-0.15, -0.1) is 0 Å². The van der Waals surface area contributed by atoms with Gasteiger partial charge in [-0.25, -0.2) is 8.42 Å². The Morgan fingerprint density at radius 3 is 2.08 bits per heavy atom. The van der Waals surface area contributed by atoms with Gasteiger partial charge in [-0.1, -0.05) is 0 Å². The molecule has 4 nitrogen and oxygen atoms in total. The van der Waals surface area contributed by atoms with Crippen molar-refractivity contribution in [3.63, 3.8) is 0 Å². The maximum absolute atomic E-state index is 11.3. The maximum atomic E-state index is 11.3. The zero-order valence-corrected chi connectivity index (χ0v) is 7.88. The van der Waals surface area contributed by atoms with Crippen molar-refractivity contribution in [1.82, 2.24) is 4.31 Å². The molecule has 0 spiro atoms. The summed E-state index contributed by atoms with van der Waals surface area (Å²) in [5, 5.41) is 0. The van der Waals surface area contributed by atoms with Crippen LogP contribution in [-0.2, 0) is 14.8 Å². The fourth-order valence-electron chi connectivity index (χ4n) is 2.13. The molecule has 0 N–H and O–H groups in total. The van der Waals surface area contributed by atoms with E-state index in [0.29, 0.717) is 13.2 Å². The van der Waals surface area contributed by atoms with Gasteiger partial charge in [-0.3, -0.25) is 0 Å². The fourth-order valence-corrected chi connectivity index (χ4v) is 3.55. The van der Waals surface area contributed by atoms with E-state index in [2.05, 4.69) is 0 Å². The molecule has 0 aromatic carbocycles. The van der Waals surface area contributed by atoms with Gasteiger partial charge in [0.2, 0.25) is 10.0 Å². The van der Waals surface area contributed by atoms with Gasteiger partial charge in [-0.2, -0.15) is 4.31 Å². The molecule has 2 aliphatic heterocycles. The monoisotopic (exact) mass is 191 g/mol. The third-order valence-corrected chi connectivity index (χ3v) is 3.92. The second kappa shape index (κ2) is 2.68. The van der Waals surface area contributed by atoms with E-state index in [4.69, 9.17) is 4.74 Å². The van der Waals surface area contributed by atoms with Crippen LogP contribution in [0.3, 0.4) is 0 Å². The molecule has 70 valence electrons. The van der Waals surface area contributed by atoms with E-state index >= 15 is 0 Å². The molecule has 0 saturated carbocycles. The van der Waals surface area contributed by atoms with E-state index in [1.807, 2.05) is 0 Å². The van der Waals surface area contributed by atoms with Crippen LogP contribution in [0, 0.1) is 0 Å². The lowest BCUT2D eigenvalue weighted by molar-refractivity contribution is 0.0272. The summed E-state index contributed by atoms with van der Waals surface area (Å²) in [6.07, 6.45) is 3.19. The summed E-state index contributed by atoms with van der Waals surface area (Å²) in [6, 6.07) is 0.220. The zero-order chi connectivity index (χ0) is 8.77. The largest absolute Gasteiger partial charge is 0.378 e. The molecule has 5 heteroatoms. The molecular formula is C7H13NO3S. The second-order valence-electron chi connectivity index (χ2n) is 3.52. The molecular weight excluding hydrogens is 178 g/mol. The Balaban J connectivity index is 2.27. The van der Waals surface area contributed by atoms with Gasteiger partial charge < -0.3 is 4.74 Å². The smallest absolute Gasteiger partial charge is 0.211 e. The minimum absolute atomic E-state index is 0.110. The molecule has 2 heterocycles. The molecule has 2 aliphatic rings. The highest BCUT2D eigenvalue weighted by Crippen LogP contribution is 2.30. The van der Waals surface area contributed by atoms with Gasteiger partial charge in [0, 0.05) is 12.1 Å². The zero-order valence-electron chi connectivity index (χ0n) is 7.06. The lowest BCUT2D eigenvalue weighted by Crippen LogP contribution is -2.48. The number of morpholine rings is 1. The Kier molecular flexibility index (Phi) is 1.89. The first-order chi connectivity index (χ1) is 5.59. The van der Waals surface area contributed by atoms with Gasteiger partial charge in [-0.05, 0) is 12.8 Å². The summed E-state index contributed by atoms with van der Waals surface area (Å²) < 4.78 is 29.5. The van der Waals surface area contributed by atoms with Crippen molar-refractivity contribution in [1.29, 1.82) is 0 Å². The summed E-state index contributed by atoms with van der Waals surface area (Å²) >= 11 is 0. The summed E-state index contributed by atoms with van der Waals surface area (Å²) in [7, 11) is -3.01. The van der Waals surface area contributed by atoms with Gasteiger partial charge in [0.05, 0.1) is 19.5 Å². The lowest BCUT2D eigenvalue weighted by Gasteiger charge is -2.32. The van der Waals surface area contributed by atoms with Gasteiger partial charge in [0.15, 0.2) is 0 Å². The van der Waals surface area contributed by atoms with Crippen LogP contribution in [0.15, 0.2) is 0 Å². The van der Waals surface area contributed by atoms with Crippen LogP contribution in [-0.4, -0.2) is 44.3 Å². The first-order valence-corrected chi connectivity index (χ1v) is 6.00. The average molecular weight is 191 g/mol. The third-order valence-electron chi connectivity index (χ3n) is 2.56. The minimum atomic E-state index is -3.01. The molecule has 2 saturated heterocycles. The molecule has 0 amide bonds. The van der Waals surface area contributed by atoms with E-state index in [9.17, 15) is 8.42 Å². The number of fused-ring (bicyclic) bond motifs is 2. The lowest BCUT2D eigenvalue weighted by atomic mass is 10.2. The summed E-state index contributed by atoms with van der Waals surface area (Å²) in [5.41, 5.74) is 0. The minimum Gasteiger partial charge on any atom is -0.378 e. The molecule has 0 aliphatic carbocycles. The molecule has 2 rings (SSSR count). The van der Waals surface area contributed by atoms with E-state index in [0.717, 1.165) is 12.8 Å². The van der Waals surface area contributed by atoms with E-state index < -0.39 is 10.0 Å². The predicted molar refractivity (Wildman–Crippen MR) is 44.3 cm³/mol. The number of hydrogen-bond acceptors (Lipinski definition) is 3. The highest BCUT2D eigenvalue weighted by atomic mass is 32.2. The second-order valence-corrected chi connectivity index (χ2v) is 5.40. The number of nitrogens with zero attached hydrogens (tertiary/aromatic N) is 1. The van der Waals surface area contributed by atoms with Crippen molar-refractivity contribution in [2.45, 2.75) is 24.9 Å². The maximum Gasteiger partial charge on any atom is 0.211 e. The Morgan fingerprint density at radius 2 is 1.75 bits per heavy atom. The Labute approximate surface area is 72.6 Å². The Morgan fingerprint density at radius 1 is 1.25 bits per heavy atom. The van der Waals surface area contributed by atoms with Crippen LogP contribution in [0.2, 0.25) is 0 Å². The summed E-state index contributed by atoms with van der Waals surface area (Å²) in [5.74, 6) is 0. The van der Waals surface area contributed by atoms with Crippen LogP contribution in [0.4, 0.5) is 0 Å². The quantitative estimate of drug-likeness (QED) is 0.577. The van der Waals surface area contributed by atoms with E-state index in [1.165, 1.54) is 6.26 Å². The number of hydrogen-bond donors (Lipinski definition) is 0. The molecule has 0 aromatic rings. The SMILES string of the molecule is CS(=O)(=O)N1C2CCC1COC2. The highest BCUT2D eigenvalue weighted by molar-refractivity contribution is 7.88. The first-order valence-electron chi connectivity index (χ1n) is 4.15. The predicted octanol–water partition coefficient (Wildman–Crippen LogP) is -0.191. The van der Waals surface area contributed by atoms with Crippen molar-refractivity contribution in [2.75, 3.05) is 19.5 Å². The molecule has 12 heavy (non-hydrogen) atoms. The van der Waals surface area contributed by atoms with Crippen molar-refractivity contribution in [2.24, 2.45) is 0 Å².